The van der Waals surface area contributed by atoms with Gasteiger partial charge in [0.05, 0.1) is 0 Å². The van der Waals surface area contributed by atoms with E-state index in [1.54, 1.807) is 18.2 Å². The summed E-state index contributed by atoms with van der Waals surface area (Å²) in [5.41, 5.74) is 1.06. The predicted octanol–water partition coefficient (Wildman–Crippen LogP) is -1.68. The van der Waals surface area contributed by atoms with Gasteiger partial charge in [-0.25, -0.2) is 4.79 Å². The van der Waals surface area contributed by atoms with Crippen molar-refractivity contribution in [2.24, 2.45) is 0 Å². The second-order valence-electron chi connectivity index (χ2n) is 7.85. The Morgan fingerprint density at radius 2 is 1.61 bits per heavy atom. The van der Waals surface area contributed by atoms with Crippen molar-refractivity contribution in [3.8, 4) is 0 Å². The smallest absolute Gasteiger partial charge is 0.550 e. The molecule has 3 N–H and O–H groups in total. The summed E-state index contributed by atoms with van der Waals surface area (Å²) in [5, 5.41) is 18.6. The zero-order chi connectivity index (χ0) is 25.3. The van der Waals surface area contributed by atoms with Gasteiger partial charge in [-0.1, -0.05) is 42.8 Å². The molecular weight excluding hydrogens is 475 g/mol. The van der Waals surface area contributed by atoms with Crippen LogP contribution in [0.5, 0.6) is 0 Å². The maximum Gasteiger partial charge on any atom is 1.00 e. The fourth-order valence-corrected chi connectivity index (χ4v) is 3.17. The van der Waals surface area contributed by atoms with Crippen molar-refractivity contribution in [2.45, 2.75) is 51.2 Å². The SMILES string of the molecule is O=C([O-])CCCCCNC(=O)[C@H](CCCNC(=O)OCc1ccccc1)NC(=O)c1ccccn1.[Na+]. The number of carbonyl (C=O) groups is 4. The first kappa shape index (κ1) is 31.1. The van der Waals surface area contributed by atoms with Crippen molar-refractivity contribution in [1.29, 1.82) is 0 Å². The molecule has 3 amide bonds. The molecule has 1 heterocycles. The number of nitrogens with one attached hydrogen (secondary N) is 3. The predicted molar refractivity (Wildman–Crippen MR) is 126 cm³/mol. The number of alkyl carbamates (subject to hydrolysis) is 1. The number of nitrogens with zero attached hydrogens (tertiary/aromatic N) is 1. The van der Waals surface area contributed by atoms with Crippen LogP contribution in [0.4, 0.5) is 4.79 Å². The largest absolute Gasteiger partial charge is 1.00 e. The van der Waals surface area contributed by atoms with Gasteiger partial charge < -0.3 is 30.6 Å². The Labute approximate surface area is 232 Å². The maximum atomic E-state index is 12.7. The Balaban J connectivity index is 0.00000648. The molecular formula is C25H31N4NaO6. The molecule has 36 heavy (non-hydrogen) atoms. The average Bonchev–Trinajstić information content (AvgIpc) is 2.87. The second-order valence-corrected chi connectivity index (χ2v) is 7.85. The van der Waals surface area contributed by atoms with E-state index >= 15 is 0 Å². The summed E-state index contributed by atoms with van der Waals surface area (Å²) in [6, 6.07) is 13.4. The fraction of sp³-hybridized carbons (Fsp3) is 0.400. The number of rotatable bonds is 15. The zero-order valence-corrected chi connectivity index (χ0v) is 22.5. The number of hydrogen-bond acceptors (Lipinski definition) is 7. The van der Waals surface area contributed by atoms with Crippen LogP contribution in [0, 0.1) is 0 Å². The summed E-state index contributed by atoms with van der Waals surface area (Å²) in [6.45, 7) is 0.771. The van der Waals surface area contributed by atoms with Crippen LogP contribution < -0.4 is 50.6 Å². The molecule has 0 aliphatic rings. The van der Waals surface area contributed by atoms with Gasteiger partial charge in [0, 0.05) is 25.3 Å². The van der Waals surface area contributed by atoms with Gasteiger partial charge >= 0.3 is 35.7 Å². The molecule has 1 aromatic carbocycles. The van der Waals surface area contributed by atoms with Crippen LogP contribution >= 0.6 is 0 Å². The van der Waals surface area contributed by atoms with Crippen molar-refractivity contribution in [2.75, 3.05) is 13.1 Å². The minimum Gasteiger partial charge on any atom is -0.550 e. The third kappa shape index (κ3) is 13.2. The minimum atomic E-state index is -1.09. The summed E-state index contributed by atoms with van der Waals surface area (Å²) < 4.78 is 5.16. The van der Waals surface area contributed by atoms with Gasteiger partial charge in [-0.3, -0.25) is 14.6 Å². The number of carboxylic acids is 1. The van der Waals surface area contributed by atoms with Crippen LogP contribution in [0.25, 0.3) is 0 Å². The quantitative estimate of drug-likeness (QED) is 0.193. The summed E-state index contributed by atoms with van der Waals surface area (Å²) in [6.07, 6.45) is 3.33. The van der Waals surface area contributed by atoms with E-state index in [1.807, 2.05) is 30.3 Å². The summed E-state index contributed by atoms with van der Waals surface area (Å²) in [4.78, 5) is 51.5. The topological polar surface area (TPSA) is 150 Å². The standard InChI is InChI=1S/C25H32N4O6.Na/c30-22(31)14-5-2-7-16-27-23(32)21(29-24(33)20-12-6-8-15-26-20)13-9-17-28-25(34)35-18-19-10-3-1-4-11-19;/h1,3-4,6,8,10-12,15,21H,2,5,7,9,13-14,16-18H2,(H,27,32)(H,28,34)(H,29,33)(H,30,31);/q;+1/p-1/t21-;/m0./s1. The van der Waals surface area contributed by atoms with Crippen molar-refractivity contribution in [1.82, 2.24) is 20.9 Å². The number of aliphatic carboxylic acids is 1. The van der Waals surface area contributed by atoms with Gasteiger partial charge in [-0.15, -0.1) is 0 Å². The Hall–Kier alpha value is -2.95. The van der Waals surface area contributed by atoms with Gasteiger partial charge in [0.2, 0.25) is 5.91 Å². The first-order chi connectivity index (χ1) is 17.0. The number of amides is 3. The van der Waals surface area contributed by atoms with E-state index in [-0.39, 0.29) is 67.2 Å². The van der Waals surface area contributed by atoms with Gasteiger partial charge in [-0.05, 0) is 49.8 Å². The van der Waals surface area contributed by atoms with Gasteiger partial charge in [0.25, 0.3) is 5.91 Å². The van der Waals surface area contributed by atoms with Crippen LogP contribution in [0.15, 0.2) is 54.7 Å². The molecule has 0 radical (unpaired) electrons. The Morgan fingerprint density at radius 3 is 2.31 bits per heavy atom. The van der Waals surface area contributed by atoms with Gasteiger partial charge in [-0.2, -0.15) is 0 Å². The van der Waals surface area contributed by atoms with Gasteiger partial charge in [0.15, 0.2) is 0 Å². The number of carboxylic acid groups (broad SMARTS) is 1. The van der Waals surface area contributed by atoms with Crippen molar-refractivity contribution >= 4 is 23.9 Å². The van der Waals surface area contributed by atoms with Crippen molar-refractivity contribution in [3.05, 3.63) is 66.0 Å². The van der Waals surface area contributed by atoms with Crippen LogP contribution in [0.2, 0.25) is 0 Å². The number of hydrogen-bond donors (Lipinski definition) is 3. The van der Waals surface area contributed by atoms with Crippen molar-refractivity contribution in [3.63, 3.8) is 0 Å². The molecule has 0 aliphatic heterocycles. The Morgan fingerprint density at radius 1 is 0.889 bits per heavy atom. The molecule has 2 rings (SSSR count). The van der Waals surface area contributed by atoms with E-state index in [1.165, 1.54) is 6.20 Å². The first-order valence-corrected chi connectivity index (χ1v) is 11.6. The number of pyridine rings is 1. The molecule has 11 heteroatoms. The third-order valence-corrected chi connectivity index (χ3v) is 5.03. The fourth-order valence-electron chi connectivity index (χ4n) is 3.17. The molecule has 0 saturated heterocycles. The molecule has 0 spiro atoms. The summed E-state index contributed by atoms with van der Waals surface area (Å²) in [5.74, 6) is -1.93. The van der Waals surface area contributed by atoms with Crippen molar-refractivity contribution < 1.29 is 58.6 Å². The van der Waals surface area contributed by atoms with Crippen LogP contribution in [-0.4, -0.2) is 48.0 Å². The molecule has 10 nitrogen and oxygen atoms in total. The molecule has 0 aliphatic carbocycles. The van der Waals surface area contributed by atoms with E-state index in [4.69, 9.17) is 4.74 Å². The molecule has 0 saturated carbocycles. The second kappa shape index (κ2) is 18.3. The molecule has 188 valence electrons. The first-order valence-electron chi connectivity index (χ1n) is 11.6. The third-order valence-electron chi connectivity index (χ3n) is 5.03. The minimum absolute atomic E-state index is 0. The molecule has 2 aromatic rings. The summed E-state index contributed by atoms with van der Waals surface area (Å²) in [7, 11) is 0. The van der Waals surface area contributed by atoms with E-state index in [9.17, 15) is 24.3 Å². The van der Waals surface area contributed by atoms with E-state index in [0.717, 1.165) is 5.56 Å². The molecule has 1 aromatic heterocycles. The molecule has 1 atom stereocenters. The zero-order valence-electron chi connectivity index (χ0n) is 20.5. The Kier molecular flexibility index (Phi) is 15.8. The number of carbonyl (C=O) groups excluding carboxylic acids is 4. The van der Waals surface area contributed by atoms with E-state index < -0.39 is 24.0 Å². The summed E-state index contributed by atoms with van der Waals surface area (Å²) >= 11 is 0. The average molecular weight is 507 g/mol. The number of aromatic nitrogens is 1. The van der Waals surface area contributed by atoms with Gasteiger partial charge in [0.1, 0.15) is 18.3 Å². The molecule has 0 bridgehead atoms. The maximum absolute atomic E-state index is 12.7. The monoisotopic (exact) mass is 506 g/mol. The Bertz CT molecular complexity index is 946. The number of benzene rings is 1. The molecule has 0 unspecified atom stereocenters. The normalized spacial score (nSPS) is 10.9. The van der Waals surface area contributed by atoms with Crippen LogP contribution in [0.1, 0.15) is 54.6 Å². The van der Waals surface area contributed by atoms with E-state index in [0.29, 0.717) is 32.2 Å². The molecule has 0 fully saturated rings. The van der Waals surface area contributed by atoms with E-state index in [2.05, 4.69) is 20.9 Å². The number of ether oxygens (including phenoxy) is 1. The van der Waals surface area contributed by atoms with Crippen LogP contribution in [-0.2, 0) is 20.9 Å². The van der Waals surface area contributed by atoms with Crippen LogP contribution in [0.3, 0.4) is 0 Å². The number of unbranched alkanes of at least 4 members (excludes halogenated alkanes) is 2.